The summed E-state index contributed by atoms with van der Waals surface area (Å²) >= 11 is 0. The first-order valence-electron chi connectivity index (χ1n) is 6.51. The first-order chi connectivity index (χ1) is 7.51. The van der Waals surface area contributed by atoms with Gasteiger partial charge in [-0.05, 0) is 37.5 Å². The smallest absolute Gasteiger partial charge is 0.212 e. The molecule has 4 heteroatoms. The number of piperidine rings is 1. The summed E-state index contributed by atoms with van der Waals surface area (Å²) in [6, 6.07) is 0. The zero-order chi connectivity index (χ0) is 11.8. The topological polar surface area (TPSA) is 37.4 Å². The van der Waals surface area contributed by atoms with Crippen molar-refractivity contribution in [2.45, 2.75) is 51.2 Å². The number of nitrogens with zero attached hydrogens (tertiary/aromatic N) is 1. The predicted molar refractivity (Wildman–Crippen MR) is 65.7 cm³/mol. The molecule has 0 amide bonds. The Morgan fingerprint density at radius 3 is 2.31 bits per heavy atom. The highest BCUT2D eigenvalue weighted by Crippen LogP contribution is 2.32. The van der Waals surface area contributed by atoms with Crippen LogP contribution in [0.15, 0.2) is 0 Å². The second-order valence-electron chi connectivity index (χ2n) is 5.60. The summed E-state index contributed by atoms with van der Waals surface area (Å²) in [5.41, 5.74) is 0. The van der Waals surface area contributed by atoms with Crippen LogP contribution in [0.2, 0.25) is 0 Å². The van der Waals surface area contributed by atoms with E-state index in [1.165, 1.54) is 6.42 Å². The molecule has 1 aliphatic heterocycles. The lowest BCUT2D eigenvalue weighted by Crippen LogP contribution is -2.47. The SMILES string of the molecule is CC(C)C1CCCN(S(=O)(=O)C2CCC2)C1. The van der Waals surface area contributed by atoms with Crippen LogP contribution in [0, 0.1) is 11.8 Å². The largest absolute Gasteiger partial charge is 0.216 e. The molecule has 1 unspecified atom stereocenters. The highest BCUT2D eigenvalue weighted by Gasteiger charge is 2.38. The number of hydrogen-bond acceptors (Lipinski definition) is 2. The molecule has 1 saturated heterocycles. The lowest BCUT2D eigenvalue weighted by Gasteiger charge is -2.38. The van der Waals surface area contributed by atoms with Crippen molar-refractivity contribution in [3.8, 4) is 0 Å². The van der Waals surface area contributed by atoms with Crippen LogP contribution in [-0.4, -0.2) is 31.1 Å². The molecule has 0 aromatic rings. The molecule has 1 atom stereocenters. The van der Waals surface area contributed by atoms with E-state index in [9.17, 15) is 8.42 Å². The molecule has 0 aromatic carbocycles. The van der Waals surface area contributed by atoms with E-state index in [0.29, 0.717) is 11.8 Å². The van der Waals surface area contributed by atoms with Gasteiger partial charge in [0.25, 0.3) is 0 Å². The van der Waals surface area contributed by atoms with Gasteiger partial charge in [-0.15, -0.1) is 0 Å². The Balaban J connectivity index is 2.03. The fraction of sp³-hybridized carbons (Fsp3) is 1.00. The third kappa shape index (κ3) is 2.28. The molecule has 0 spiro atoms. The fourth-order valence-corrected chi connectivity index (χ4v) is 4.76. The summed E-state index contributed by atoms with van der Waals surface area (Å²) in [4.78, 5) is 0. The van der Waals surface area contributed by atoms with Gasteiger partial charge in [0.1, 0.15) is 0 Å². The molecule has 0 bridgehead atoms. The maximum absolute atomic E-state index is 12.3. The van der Waals surface area contributed by atoms with Gasteiger partial charge in [0.15, 0.2) is 0 Å². The number of hydrogen-bond donors (Lipinski definition) is 0. The van der Waals surface area contributed by atoms with Gasteiger partial charge in [-0.3, -0.25) is 0 Å². The normalized spacial score (nSPS) is 29.3. The molecule has 1 heterocycles. The lowest BCUT2D eigenvalue weighted by molar-refractivity contribution is 0.215. The fourth-order valence-electron chi connectivity index (χ4n) is 2.63. The van der Waals surface area contributed by atoms with E-state index in [4.69, 9.17) is 0 Å². The summed E-state index contributed by atoms with van der Waals surface area (Å²) in [6.45, 7) is 5.91. The first-order valence-corrected chi connectivity index (χ1v) is 8.01. The Morgan fingerprint density at radius 1 is 1.12 bits per heavy atom. The molecule has 2 rings (SSSR count). The molecule has 1 aliphatic carbocycles. The van der Waals surface area contributed by atoms with Crippen LogP contribution in [0.3, 0.4) is 0 Å². The molecule has 0 N–H and O–H groups in total. The quantitative estimate of drug-likeness (QED) is 0.764. The van der Waals surface area contributed by atoms with Crippen molar-refractivity contribution in [3.05, 3.63) is 0 Å². The van der Waals surface area contributed by atoms with Crippen LogP contribution in [0.25, 0.3) is 0 Å². The van der Waals surface area contributed by atoms with Crippen LogP contribution < -0.4 is 0 Å². The van der Waals surface area contributed by atoms with Crippen molar-refractivity contribution < 1.29 is 8.42 Å². The van der Waals surface area contributed by atoms with Crippen LogP contribution >= 0.6 is 0 Å². The standard InChI is InChI=1S/C12H23NO2S/c1-10(2)11-5-4-8-13(9-11)16(14,15)12-6-3-7-12/h10-12H,3-9H2,1-2H3. The maximum atomic E-state index is 12.3. The summed E-state index contributed by atoms with van der Waals surface area (Å²) in [6.07, 6.45) is 5.07. The highest BCUT2D eigenvalue weighted by atomic mass is 32.2. The molecule has 0 radical (unpaired) electrons. The van der Waals surface area contributed by atoms with Gasteiger partial charge in [-0.25, -0.2) is 12.7 Å². The van der Waals surface area contributed by atoms with Gasteiger partial charge in [0.2, 0.25) is 10.0 Å². The third-order valence-corrected chi connectivity index (χ3v) is 6.56. The Bertz CT molecular complexity index is 333. The van der Waals surface area contributed by atoms with Gasteiger partial charge in [0, 0.05) is 13.1 Å². The minimum absolute atomic E-state index is 0.0570. The van der Waals surface area contributed by atoms with Crippen molar-refractivity contribution in [3.63, 3.8) is 0 Å². The molecular weight excluding hydrogens is 222 g/mol. The van der Waals surface area contributed by atoms with E-state index >= 15 is 0 Å². The Hall–Kier alpha value is -0.0900. The predicted octanol–water partition coefficient (Wildman–Crippen LogP) is 2.24. The van der Waals surface area contributed by atoms with Crippen molar-refractivity contribution in [1.29, 1.82) is 0 Å². The van der Waals surface area contributed by atoms with Crippen LogP contribution in [-0.2, 0) is 10.0 Å². The Morgan fingerprint density at radius 2 is 1.81 bits per heavy atom. The molecule has 2 fully saturated rings. The van der Waals surface area contributed by atoms with Crippen molar-refractivity contribution in [2.24, 2.45) is 11.8 Å². The lowest BCUT2D eigenvalue weighted by atomic mass is 9.89. The van der Waals surface area contributed by atoms with E-state index in [-0.39, 0.29) is 5.25 Å². The van der Waals surface area contributed by atoms with Gasteiger partial charge in [-0.2, -0.15) is 0 Å². The monoisotopic (exact) mass is 245 g/mol. The molecule has 0 aromatic heterocycles. The molecule has 3 nitrogen and oxygen atoms in total. The molecular formula is C12H23NO2S. The van der Waals surface area contributed by atoms with E-state index < -0.39 is 10.0 Å². The van der Waals surface area contributed by atoms with E-state index in [0.717, 1.165) is 38.8 Å². The second kappa shape index (κ2) is 4.65. The Labute approximate surface area is 99.3 Å². The van der Waals surface area contributed by atoms with E-state index in [2.05, 4.69) is 13.8 Å². The molecule has 16 heavy (non-hydrogen) atoms. The summed E-state index contributed by atoms with van der Waals surface area (Å²) in [5.74, 6) is 1.16. The van der Waals surface area contributed by atoms with Gasteiger partial charge in [-0.1, -0.05) is 20.3 Å². The van der Waals surface area contributed by atoms with E-state index in [1.807, 2.05) is 0 Å². The van der Waals surface area contributed by atoms with Gasteiger partial charge >= 0.3 is 0 Å². The Kier molecular flexibility index (Phi) is 3.59. The minimum Gasteiger partial charge on any atom is -0.212 e. The van der Waals surface area contributed by atoms with Crippen molar-refractivity contribution >= 4 is 10.0 Å². The third-order valence-electron chi connectivity index (χ3n) is 4.20. The summed E-state index contributed by atoms with van der Waals surface area (Å²) in [7, 11) is -2.96. The minimum atomic E-state index is -2.96. The van der Waals surface area contributed by atoms with Crippen molar-refractivity contribution in [1.82, 2.24) is 4.31 Å². The number of rotatable bonds is 3. The first kappa shape index (κ1) is 12.4. The average Bonchev–Trinajstić information content (AvgIpc) is 2.14. The van der Waals surface area contributed by atoms with E-state index in [1.54, 1.807) is 4.31 Å². The second-order valence-corrected chi connectivity index (χ2v) is 7.82. The summed E-state index contributed by atoms with van der Waals surface area (Å²) < 4.78 is 26.3. The average molecular weight is 245 g/mol. The molecule has 1 saturated carbocycles. The highest BCUT2D eigenvalue weighted by molar-refractivity contribution is 7.89. The number of sulfonamides is 1. The van der Waals surface area contributed by atoms with Crippen LogP contribution in [0.5, 0.6) is 0 Å². The van der Waals surface area contributed by atoms with Gasteiger partial charge in [0.05, 0.1) is 5.25 Å². The maximum Gasteiger partial charge on any atom is 0.216 e. The zero-order valence-electron chi connectivity index (χ0n) is 10.4. The van der Waals surface area contributed by atoms with Crippen LogP contribution in [0.1, 0.15) is 46.0 Å². The van der Waals surface area contributed by atoms with Crippen LogP contribution in [0.4, 0.5) is 0 Å². The summed E-state index contributed by atoms with van der Waals surface area (Å²) in [5, 5.41) is -0.0570. The molecule has 94 valence electrons. The molecule has 2 aliphatic rings. The van der Waals surface area contributed by atoms with Crippen molar-refractivity contribution in [2.75, 3.05) is 13.1 Å². The zero-order valence-corrected chi connectivity index (χ0v) is 11.2. The van der Waals surface area contributed by atoms with Gasteiger partial charge < -0.3 is 0 Å².